The van der Waals surface area contributed by atoms with Crippen LogP contribution in [0.5, 0.6) is 0 Å². The zero-order valence-electron chi connectivity index (χ0n) is 16.2. The molecule has 0 saturated carbocycles. The SMILES string of the molecule is CCOC(=O)NC(=O)CSc1nc2ccccc2c(=O)n1-c1ccccc1CC. The summed E-state index contributed by atoms with van der Waals surface area (Å²) in [7, 11) is 0. The minimum atomic E-state index is -0.793. The second-order valence-electron chi connectivity index (χ2n) is 6.09. The number of carbonyl (C=O) groups excluding carboxylic acids is 2. The van der Waals surface area contributed by atoms with Crippen molar-refractivity contribution in [2.75, 3.05) is 12.4 Å². The van der Waals surface area contributed by atoms with Gasteiger partial charge in [0.05, 0.1) is 29.0 Å². The molecule has 0 spiro atoms. The van der Waals surface area contributed by atoms with Crippen LogP contribution >= 0.6 is 11.8 Å². The fourth-order valence-electron chi connectivity index (χ4n) is 2.90. The molecular formula is C21H21N3O4S. The van der Waals surface area contributed by atoms with Crippen molar-refractivity contribution >= 4 is 34.7 Å². The maximum atomic E-state index is 13.3. The quantitative estimate of drug-likeness (QED) is 0.494. The van der Waals surface area contributed by atoms with Crippen LogP contribution in [0.25, 0.3) is 16.6 Å². The Labute approximate surface area is 172 Å². The number of benzene rings is 2. The van der Waals surface area contributed by atoms with E-state index in [1.807, 2.05) is 31.2 Å². The summed E-state index contributed by atoms with van der Waals surface area (Å²) in [6, 6.07) is 14.7. The van der Waals surface area contributed by atoms with Crippen LogP contribution in [-0.2, 0) is 16.0 Å². The molecule has 1 aromatic heterocycles. The highest BCUT2D eigenvalue weighted by molar-refractivity contribution is 7.99. The smallest absolute Gasteiger partial charge is 0.413 e. The van der Waals surface area contributed by atoms with E-state index in [1.165, 1.54) is 4.57 Å². The Bertz CT molecular complexity index is 1110. The van der Waals surface area contributed by atoms with Gasteiger partial charge in [-0.3, -0.25) is 19.5 Å². The van der Waals surface area contributed by atoms with Crippen LogP contribution < -0.4 is 10.9 Å². The molecule has 0 radical (unpaired) electrons. The first-order valence-corrected chi connectivity index (χ1v) is 10.2. The van der Waals surface area contributed by atoms with Gasteiger partial charge in [-0.25, -0.2) is 9.78 Å². The Morgan fingerprint density at radius 3 is 2.59 bits per heavy atom. The third-order valence-corrected chi connectivity index (χ3v) is 5.15. The van der Waals surface area contributed by atoms with Gasteiger partial charge in [-0.15, -0.1) is 0 Å². The van der Waals surface area contributed by atoms with Crippen LogP contribution in [0.4, 0.5) is 4.79 Å². The molecule has 0 unspecified atom stereocenters. The maximum Gasteiger partial charge on any atom is 0.413 e. The van der Waals surface area contributed by atoms with E-state index in [0.29, 0.717) is 16.1 Å². The largest absolute Gasteiger partial charge is 0.450 e. The molecule has 2 aromatic carbocycles. The number of hydrogen-bond donors (Lipinski definition) is 1. The number of alkyl carbamates (subject to hydrolysis) is 1. The molecule has 0 aliphatic carbocycles. The van der Waals surface area contributed by atoms with Crippen LogP contribution in [-0.4, -0.2) is 33.9 Å². The lowest BCUT2D eigenvalue weighted by Crippen LogP contribution is -2.32. The number of rotatable bonds is 6. The number of nitrogens with zero attached hydrogens (tertiary/aromatic N) is 2. The highest BCUT2D eigenvalue weighted by atomic mass is 32.2. The Balaban J connectivity index is 2.02. The molecule has 3 aromatic rings. The number of para-hydroxylation sites is 2. The van der Waals surface area contributed by atoms with Gasteiger partial charge < -0.3 is 4.74 Å². The van der Waals surface area contributed by atoms with Gasteiger partial charge in [0.2, 0.25) is 5.91 Å². The van der Waals surface area contributed by atoms with Crippen molar-refractivity contribution in [3.05, 3.63) is 64.4 Å². The van der Waals surface area contributed by atoms with E-state index in [0.717, 1.165) is 29.4 Å². The Morgan fingerprint density at radius 2 is 1.83 bits per heavy atom. The second kappa shape index (κ2) is 9.38. The molecule has 1 N–H and O–H groups in total. The molecule has 0 aliphatic heterocycles. The molecule has 2 amide bonds. The third kappa shape index (κ3) is 4.65. The van der Waals surface area contributed by atoms with Gasteiger partial charge in [0.25, 0.3) is 5.56 Å². The molecule has 29 heavy (non-hydrogen) atoms. The summed E-state index contributed by atoms with van der Waals surface area (Å²) in [4.78, 5) is 41.4. The topological polar surface area (TPSA) is 90.3 Å². The first kappa shape index (κ1) is 20.6. The van der Waals surface area contributed by atoms with Gasteiger partial charge in [0.1, 0.15) is 0 Å². The minimum absolute atomic E-state index is 0.0854. The zero-order valence-corrected chi connectivity index (χ0v) is 17.0. The number of nitrogens with one attached hydrogen (secondary N) is 1. The van der Waals surface area contributed by atoms with Gasteiger partial charge in [0, 0.05) is 0 Å². The first-order chi connectivity index (χ1) is 14.0. The number of imide groups is 1. The Hall–Kier alpha value is -3.13. The van der Waals surface area contributed by atoms with Crippen LogP contribution in [0.2, 0.25) is 0 Å². The predicted molar refractivity (Wildman–Crippen MR) is 113 cm³/mol. The highest BCUT2D eigenvalue weighted by Crippen LogP contribution is 2.23. The molecule has 0 fully saturated rings. The molecular weight excluding hydrogens is 390 g/mol. The molecule has 7 nitrogen and oxygen atoms in total. The summed E-state index contributed by atoms with van der Waals surface area (Å²) in [6.45, 7) is 3.84. The zero-order chi connectivity index (χ0) is 20.8. The van der Waals surface area contributed by atoms with Crippen molar-refractivity contribution in [3.8, 4) is 5.69 Å². The average molecular weight is 411 g/mol. The first-order valence-electron chi connectivity index (χ1n) is 9.24. The number of carbonyl (C=O) groups is 2. The van der Waals surface area contributed by atoms with E-state index in [9.17, 15) is 14.4 Å². The lowest BCUT2D eigenvalue weighted by Gasteiger charge is -2.15. The van der Waals surface area contributed by atoms with E-state index in [2.05, 4.69) is 10.3 Å². The van der Waals surface area contributed by atoms with Crippen molar-refractivity contribution in [2.24, 2.45) is 0 Å². The second-order valence-corrected chi connectivity index (χ2v) is 7.03. The summed E-state index contributed by atoms with van der Waals surface area (Å²) < 4.78 is 6.24. The number of aryl methyl sites for hydroxylation is 1. The van der Waals surface area contributed by atoms with Crippen molar-refractivity contribution < 1.29 is 14.3 Å². The molecule has 0 saturated heterocycles. The van der Waals surface area contributed by atoms with E-state index >= 15 is 0 Å². The van der Waals surface area contributed by atoms with E-state index in [-0.39, 0.29) is 17.9 Å². The molecule has 0 aliphatic rings. The molecule has 0 atom stereocenters. The summed E-state index contributed by atoms with van der Waals surface area (Å²) in [5.41, 5.74) is 2.07. The molecule has 0 bridgehead atoms. The number of fused-ring (bicyclic) bond motifs is 1. The van der Waals surface area contributed by atoms with Crippen molar-refractivity contribution in [1.29, 1.82) is 0 Å². The Morgan fingerprint density at radius 1 is 1.10 bits per heavy atom. The van der Waals surface area contributed by atoms with Crippen LogP contribution in [0.3, 0.4) is 0 Å². The van der Waals surface area contributed by atoms with Gasteiger partial charge in [-0.1, -0.05) is 49.0 Å². The molecule has 1 heterocycles. The summed E-state index contributed by atoms with van der Waals surface area (Å²) in [5, 5.41) is 3.03. The summed E-state index contributed by atoms with van der Waals surface area (Å²) in [5.74, 6) is -0.607. The predicted octanol–water partition coefficient (Wildman–Crippen LogP) is 3.31. The third-order valence-electron chi connectivity index (χ3n) is 4.21. The standard InChI is InChI=1S/C21H21N3O4S/c1-3-14-9-5-8-12-17(14)24-19(26)15-10-6-7-11-16(15)22-20(24)29-13-18(25)23-21(27)28-4-2/h5-12H,3-4,13H2,1-2H3,(H,23,25,27). The van der Waals surface area contributed by atoms with Crippen LogP contribution in [0.1, 0.15) is 19.4 Å². The molecule has 8 heteroatoms. The monoisotopic (exact) mass is 411 g/mol. The molecule has 150 valence electrons. The van der Waals surface area contributed by atoms with Crippen LogP contribution in [0, 0.1) is 0 Å². The van der Waals surface area contributed by atoms with Crippen molar-refractivity contribution in [2.45, 2.75) is 25.4 Å². The van der Waals surface area contributed by atoms with Crippen molar-refractivity contribution in [3.63, 3.8) is 0 Å². The summed E-state index contributed by atoms with van der Waals surface area (Å²) >= 11 is 1.09. The number of amides is 2. The van der Waals surface area contributed by atoms with Crippen LogP contribution in [0.15, 0.2) is 58.5 Å². The minimum Gasteiger partial charge on any atom is -0.450 e. The maximum absolute atomic E-state index is 13.3. The lowest BCUT2D eigenvalue weighted by atomic mass is 10.1. The fourth-order valence-corrected chi connectivity index (χ4v) is 3.70. The van der Waals surface area contributed by atoms with Gasteiger partial charge in [-0.05, 0) is 37.1 Å². The Kier molecular flexibility index (Phi) is 6.66. The fraction of sp³-hybridized carbons (Fsp3) is 0.238. The normalized spacial score (nSPS) is 10.7. The number of thioether (sulfide) groups is 1. The lowest BCUT2D eigenvalue weighted by molar-refractivity contribution is -0.117. The van der Waals surface area contributed by atoms with Gasteiger partial charge in [-0.2, -0.15) is 0 Å². The van der Waals surface area contributed by atoms with E-state index in [1.54, 1.807) is 31.2 Å². The number of ether oxygens (including phenoxy) is 1. The number of aromatic nitrogens is 2. The highest BCUT2D eigenvalue weighted by Gasteiger charge is 2.17. The van der Waals surface area contributed by atoms with Gasteiger partial charge in [0.15, 0.2) is 5.16 Å². The number of hydrogen-bond acceptors (Lipinski definition) is 6. The van der Waals surface area contributed by atoms with Gasteiger partial charge >= 0.3 is 6.09 Å². The van der Waals surface area contributed by atoms with Crippen molar-refractivity contribution in [1.82, 2.24) is 14.9 Å². The average Bonchev–Trinajstić information content (AvgIpc) is 2.72. The summed E-state index contributed by atoms with van der Waals surface area (Å²) in [6.07, 6.45) is -0.0543. The van der Waals surface area contributed by atoms with E-state index in [4.69, 9.17) is 4.74 Å². The van der Waals surface area contributed by atoms with E-state index < -0.39 is 12.0 Å². The molecule has 3 rings (SSSR count).